The van der Waals surface area contributed by atoms with Gasteiger partial charge < -0.3 is 4.90 Å². The number of aryl methyl sites for hydroxylation is 1. The van der Waals surface area contributed by atoms with E-state index in [0.717, 1.165) is 5.01 Å². The number of amides is 1. The molecule has 17 heavy (non-hydrogen) atoms. The van der Waals surface area contributed by atoms with Crippen molar-refractivity contribution in [3.8, 4) is 0 Å². The van der Waals surface area contributed by atoms with Crippen LogP contribution in [0.4, 0.5) is 0 Å². The van der Waals surface area contributed by atoms with E-state index in [-0.39, 0.29) is 11.9 Å². The molecule has 1 aromatic rings. The number of hydrogen-bond acceptors (Lipinski definition) is 4. The number of hydrogen-bond donors (Lipinski definition) is 1. The average molecular weight is 253 g/mol. The lowest BCUT2D eigenvalue weighted by atomic mass is 10.2. The van der Waals surface area contributed by atoms with E-state index in [1.165, 1.54) is 17.7 Å². The molecule has 1 saturated carbocycles. The van der Waals surface area contributed by atoms with Gasteiger partial charge in [0.2, 0.25) is 5.91 Å². The van der Waals surface area contributed by atoms with E-state index < -0.39 is 0 Å². The number of carbonyl (C=O) groups excluding carboxylic acids is 1. The number of thiazole rings is 1. The maximum Gasteiger partial charge on any atom is 0.236 e. The van der Waals surface area contributed by atoms with E-state index in [0.29, 0.717) is 12.5 Å². The topological polar surface area (TPSA) is 45.2 Å². The van der Waals surface area contributed by atoms with Gasteiger partial charge in [0.25, 0.3) is 0 Å². The fourth-order valence-electron chi connectivity index (χ4n) is 1.76. The van der Waals surface area contributed by atoms with Crippen LogP contribution in [0, 0.1) is 12.8 Å². The minimum absolute atomic E-state index is 0.115. The molecule has 1 heterocycles. The summed E-state index contributed by atoms with van der Waals surface area (Å²) in [5, 5.41) is 4.47. The number of likely N-dealkylation sites (N-methyl/N-ethyl adjacent to an activating group) is 1. The van der Waals surface area contributed by atoms with E-state index in [1.54, 1.807) is 30.3 Å². The lowest BCUT2D eigenvalue weighted by Gasteiger charge is -2.17. The standard InChI is InChI=1S/C12H19N3OS/c1-8-6-14-12(17-8)11(9-4-5-9)13-7-10(16)15(2)3/h6,9,11,13H,4-5,7H2,1-3H3/t11-/m0/s1. The highest BCUT2D eigenvalue weighted by molar-refractivity contribution is 7.11. The van der Waals surface area contributed by atoms with E-state index >= 15 is 0 Å². The van der Waals surface area contributed by atoms with Gasteiger partial charge in [0.15, 0.2) is 0 Å². The third-order valence-corrected chi connectivity index (χ3v) is 3.97. The Labute approximate surface area is 106 Å². The zero-order valence-corrected chi connectivity index (χ0v) is 11.4. The average Bonchev–Trinajstić information content (AvgIpc) is 3.02. The monoisotopic (exact) mass is 253 g/mol. The van der Waals surface area contributed by atoms with Crippen LogP contribution < -0.4 is 5.32 Å². The summed E-state index contributed by atoms with van der Waals surface area (Å²) in [5.41, 5.74) is 0. The van der Waals surface area contributed by atoms with Gasteiger partial charge in [-0.15, -0.1) is 11.3 Å². The third kappa shape index (κ3) is 3.26. The molecular formula is C12H19N3OS. The van der Waals surface area contributed by atoms with Gasteiger partial charge in [-0.3, -0.25) is 10.1 Å². The molecule has 0 saturated heterocycles. The van der Waals surface area contributed by atoms with Crippen LogP contribution in [0.25, 0.3) is 0 Å². The Kier molecular flexibility index (Phi) is 3.79. The van der Waals surface area contributed by atoms with Crippen LogP contribution >= 0.6 is 11.3 Å². The number of nitrogens with one attached hydrogen (secondary N) is 1. The molecule has 1 atom stereocenters. The van der Waals surface area contributed by atoms with E-state index in [9.17, 15) is 4.79 Å². The minimum Gasteiger partial charge on any atom is -0.348 e. The van der Waals surface area contributed by atoms with Crippen molar-refractivity contribution in [2.45, 2.75) is 25.8 Å². The van der Waals surface area contributed by atoms with Crippen molar-refractivity contribution >= 4 is 17.2 Å². The predicted molar refractivity (Wildman–Crippen MR) is 69.0 cm³/mol. The molecule has 0 aromatic carbocycles. The normalized spacial score (nSPS) is 16.9. The molecule has 1 fully saturated rings. The quantitative estimate of drug-likeness (QED) is 0.866. The first-order valence-corrected chi connectivity index (χ1v) is 6.75. The Hall–Kier alpha value is -0.940. The van der Waals surface area contributed by atoms with Crippen molar-refractivity contribution in [3.05, 3.63) is 16.1 Å². The van der Waals surface area contributed by atoms with Gasteiger partial charge in [-0.2, -0.15) is 0 Å². The number of aromatic nitrogens is 1. The second-order valence-electron chi connectivity index (χ2n) is 4.79. The molecule has 1 aliphatic rings. The van der Waals surface area contributed by atoms with E-state index in [4.69, 9.17) is 0 Å². The second-order valence-corrected chi connectivity index (χ2v) is 6.06. The summed E-state index contributed by atoms with van der Waals surface area (Å²) in [6.07, 6.45) is 4.39. The molecular weight excluding hydrogens is 234 g/mol. The SMILES string of the molecule is Cc1cnc([C@@H](NCC(=O)N(C)C)C2CC2)s1. The van der Waals surface area contributed by atoms with E-state index in [2.05, 4.69) is 17.2 Å². The largest absolute Gasteiger partial charge is 0.348 e. The van der Waals surface area contributed by atoms with Crippen molar-refractivity contribution in [1.29, 1.82) is 0 Å². The molecule has 1 N–H and O–H groups in total. The fraction of sp³-hybridized carbons (Fsp3) is 0.667. The molecule has 1 aromatic heterocycles. The lowest BCUT2D eigenvalue weighted by molar-refractivity contribution is -0.127. The minimum atomic E-state index is 0.115. The predicted octanol–water partition coefficient (Wildman–Crippen LogP) is 1.58. The van der Waals surface area contributed by atoms with Crippen LogP contribution in [0.1, 0.15) is 28.8 Å². The van der Waals surface area contributed by atoms with Crippen molar-refractivity contribution in [2.24, 2.45) is 5.92 Å². The molecule has 1 amide bonds. The molecule has 94 valence electrons. The second kappa shape index (κ2) is 5.14. The van der Waals surface area contributed by atoms with Gasteiger partial charge in [0.05, 0.1) is 12.6 Å². The first kappa shape index (κ1) is 12.5. The zero-order chi connectivity index (χ0) is 12.4. The molecule has 5 heteroatoms. The highest BCUT2D eigenvalue weighted by Gasteiger charge is 2.34. The molecule has 1 aliphatic carbocycles. The van der Waals surface area contributed by atoms with Crippen LogP contribution in [-0.2, 0) is 4.79 Å². The Balaban J connectivity index is 1.96. The molecule has 0 spiro atoms. The molecule has 2 rings (SSSR count). The summed E-state index contributed by atoms with van der Waals surface area (Å²) in [6.45, 7) is 2.46. The third-order valence-electron chi connectivity index (χ3n) is 2.97. The van der Waals surface area contributed by atoms with Gasteiger partial charge in [-0.05, 0) is 25.7 Å². The number of rotatable bonds is 5. The van der Waals surface area contributed by atoms with Crippen LogP contribution in [0.3, 0.4) is 0 Å². The van der Waals surface area contributed by atoms with Gasteiger partial charge >= 0.3 is 0 Å². The first-order valence-electron chi connectivity index (χ1n) is 5.94. The number of carbonyl (C=O) groups is 1. The first-order chi connectivity index (χ1) is 8.08. The molecule has 0 aliphatic heterocycles. The zero-order valence-electron chi connectivity index (χ0n) is 10.6. The van der Waals surface area contributed by atoms with Crippen LogP contribution in [0.5, 0.6) is 0 Å². The number of nitrogens with zero attached hydrogens (tertiary/aromatic N) is 2. The molecule has 0 radical (unpaired) electrons. The van der Waals surface area contributed by atoms with Gasteiger partial charge in [0, 0.05) is 25.2 Å². The van der Waals surface area contributed by atoms with E-state index in [1.807, 2.05) is 6.20 Å². The highest BCUT2D eigenvalue weighted by atomic mass is 32.1. The Morgan fingerprint density at radius 1 is 1.65 bits per heavy atom. The van der Waals surface area contributed by atoms with Crippen molar-refractivity contribution in [2.75, 3.05) is 20.6 Å². The van der Waals surface area contributed by atoms with Crippen LogP contribution in [-0.4, -0.2) is 36.4 Å². The van der Waals surface area contributed by atoms with Gasteiger partial charge in [-0.1, -0.05) is 0 Å². The highest BCUT2D eigenvalue weighted by Crippen LogP contribution is 2.41. The molecule has 4 nitrogen and oxygen atoms in total. The summed E-state index contributed by atoms with van der Waals surface area (Å²) in [7, 11) is 3.56. The summed E-state index contributed by atoms with van der Waals surface area (Å²) in [5.74, 6) is 0.777. The summed E-state index contributed by atoms with van der Waals surface area (Å²) in [6, 6.07) is 0.262. The summed E-state index contributed by atoms with van der Waals surface area (Å²) >= 11 is 1.73. The van der Waals surface area contributed by atoms with Crippen molar-refractivity contribution in [3.63, 3.8) is 0 Å². The Morgan fingerprint density at radius 3 is 2.82 bits per heavy atom. The Morgan fingerprint density at radius 2 is 2.35 bits per heavy atom. The van der Waals surface area contributed by atoms with Gasteiger partial charge in [-0.25, -0.2) is 4.98 Å². The van der Waals surface area contributed by atoms with Crippen LogP contribution in [0.15, 0.2) is 6.20 Å². The smallest absolute Gasteiger partial charge is 0.236 e. The fourth-order valence-corrected chi connectivity index (χ4v) is 2.70. The van der Waals surface area contributed by atoms with Crippen molar-refractivity contribution < 1.29 is 4.79 Å². The van der Waals surface area contributed by atoms with Crippen molar-refractivity contribution in [1.82, 2.24) is 15.2 Å². The lowest BCUT2D eigenvalue weighted by Crippen LogP contribution is -2.35. The van der Waals surface area contributed by atoms with Gasteiger partial charge in [0.1, 0.15) is 5.01 Å². The summed E-state index contributed by atoms with van der Waals surface area (Å²) < 4.78 is 0. The molecule has 0 unspecified atom stereocenters. The maximum absolute atomic E-state index is 11.6. The molecule has 0 bridgehead atoms. The maximum atomic E-state index is 11.6. The Bertz CT molecular complexity index is 398. The summed E-state index contributed by atoms with van der Waals surface area (Å²) in [4.78, 5) is 18.8. The van der Waals surface area contributed by atoms with Crippen LogP contribution in [0.2, 0.25) is 0 Å².